The van der Waals surface area contributed by atoms with Gasteiger partial charge in [-0.25, -0.2) is 4.79 Å². The summed E-state index contributed by atoms with van der Waals surface area (Å²) < 4.78 is 5.00. The van der Waals surface area contributed by atoms with Gasteiger partial charge >= 0.3 is 6.09 Å². The van der Waals surface area contributed by atoms with E-state index in [1.165, 1.54) is 12.8 Å². The highest BCUT2D eigenvalue weighted by molar-refractivity contribution is 5.70. The zero-order valence-corrected chi connectivity index (χ0v) is 8.95. The van der Waals surface area contributed by atoms with Crippen LogP contribution in [0, 0.1) is 5.92 Å². The minimum Gasteiger partial charge on any atom is -0.447 e. The highest BCUT2D eigenvalue weighted by atomic mass is 16.6. The van der Waals surface area contributed by atoms with Gasteiger partial charge in [-0.15, -0.1) is 0 Å². The Labute approximate surface area is 89.9 Å². The van der Waals surface area contributed by atoms with Crippen LogP contribution in [0.25, 0.3) is 0 Å². The van der Waals surface area contributed by atoms with E-state index in [0.717, 1.165) is 19.6 Å². The zero-order chi connectivity index (χ0) is 10.7. The smallest absolute Gasteiger partial charge is 0.410 e. The number of carbonyl (C=O) groups excluding carboxylic acids is 1. The number of cyclic esters (lactones) is 1. The van der Waals surface area contributed by atoms with Gasteiger partial charge in [-0.1, -0.05) is 0 Å². The number of nitrogens with one attached hydrogen (secondary N) is 1. The number of carbonyl (C=O) groups is 1. The molecule has 0 saturated carbocycles. The molecule has 2 atom stereocenters. The van der Waals surface area contributed by atoms with Crippen molar-refractivity contribution in [1.29, 1.82) is 0 Å². The van der Waals surface area contributed by atoms with Gasteiger partial charge in [-0.3, -0.25) is 0 Å². The first-order valence-corrected chi connectivity index (χ1v) is 5.65. The van der Waals surface area contributed by atoms with E-state index in [1.54, 1.807) is 4.90 Å². The van der Waals surface area contributed by atoms with E-state index in [1.807, 2.05) is 0 Å². The molecular formula is C10H19N3O2. The topological polar surface area (TPSA) is 67.6 Å². The van der Waals surface area contributed by atoms with Crippen LogP contribution in [0.5, 0.6) is 0 Å². The third-order valence-corrected chi connectivity index (χ3v) is 3.20. The highest BCUT2D eigenvalue weighted by Gasteiger charge is 2.33. The molecule has 2 heterocycles. The van der Waals surface area contributed by atoms with Crippen molar-refractivity contribution in [3.05, 3.63) is 0 Å². The van der Waals surface area contributed by atoms with Gasteiger partial charge in [0.2, 0.25) is 0 Å². The van der Waals surface area contributed by atoms with Gasteiger partial charge in [-0.2, -0.15) is 0 Å². The van der Waals surface area contributed by atoms with Crippen LogP contribution >= 0.6 is 0 Å². The van der Waals surface area contributed by atoms with Crippen LogP contribution in [-0.4, -0.2) is 49.8 Å². The van der Waals surface area contributed by atoms with Crippen molar-refractivity contribution in [1.82, 2.24) is 10.2 Å². The monoisotopic (exact) mass is 213 g/mol. The zero-order valence-electron chi connectivity index (χ0n) is 8.95. The van der Waals surface area contributed by atoms with Gasteiger partial charge in [0.15, 0.2) is 0 Å². The fraction of sp³-hybridized carbons (Fsp3) is 0.900. The second-order valence-electron chi connectivity index (χ2n) is 4.33. The summed E-state index contributed by atoms with van der Waals surface area (Å²) >= 11 is 0. The number of rotatable bonds is 3. The molecule has 2 aliphatic rings. The lowest BCUT2D eigenvalue weighted by Gasteiger charge is -2.28. The number of hydrogen-bond acceptors (Lipinski definition) is 4. The largest absolute Gasteiger partial charge is 0.447 e. The molecule has 0 bridgehead atoms. The van der Waals surface area contributed by atoms with Gasteiger partial charge < -0.3 is 20.7 Å². The standard InChI is InChI=1S/C10H19N3O2/c11-4-9-7-15-10(14)13(9)6-8-2-1-3-12-5-8/h8-9,12H,1-7,11H2. The predicted molar refractivity (Wildman–Crippen MR) is 56.5 cm³/mol. The molecule has 5 nitrogen and oxygen atoms in total. The Bertz CT molecular complexity index is 229. The van der Waals surface area contributed by atoms with Crippen LogP contribution in [0.2, 0.25) is 0 Å². The third kappa shape index (κ3) is 2.41. The van der Waals surface area contributed by atoms with E-state index >= 15 is 0 Å². The average molecular weight is 213 g/mol. The molecular weight excluding hydrogens is 194 g/mol. The Morgan fingerprint density at radius 2 is 2.47 bits per heavy atom. The van der Waals surface area contributed by atoms with Crippen LogP contribution in [-0.2, 0) is 4.74 Å². The summed E-state index contributed by atoms with van der Waals surface area (Å²) in [6.07, 6.45) is 2.19. The molecule has 5 heteroatoms. The van der Waals surface area contributed by atoms with E-state index in [4.69, 9.17) is 10.5 Å². The molecule has 2 rings (SSSR count). The van der Waals surface area contributed by atoms with Gasteiger partial charge in [0.1, 0.15) is 6.61 Å². The number of piperidine rings is 1. The molecule has 0 aliphatic carbocycles. The van der Waals surface area contributed by atoms with Gasteiger partial charge in [-0.05, 0) is 31.8 Å². The van der Waals surface area contributed by atoms with Gasteiger partial charge in [0.05, 0.1) is 6.04 Å². The Hall–Kier alpha value is -0.810. The van der Waals surface area contributed by atoms with E-state index in [9.17, 15) is 4.79 Å². The lowest BCUT2D eigenvalue weighted by atomic mass is 9.99. The molecule has 0 radical (unpaired) electrons. The van der Waals surface area contributed by atoms with Crippen molar-refractivity contribution in [3.63, 3.8) is 0 Å². The summed E-state index contributed by atoms with van der Waals surface area (Å²) in [5.74, 6) is 0.554. The molecule has 2 unspecified atom stereocenters. The lowest BCUT2D eigenvalue weighted by Crippen LogP contribution is -2.44. The van der Waals surface area contributed by atoms with Crippen LogP contribution in [0.4, 0.5) is 4.79 Å². The fourth-order valence-electron chi connectivity index (χ4n) is 2.27. The average Bonchev–Trinajstić information content (AvgIpc) is 2.62. The first-order valence-electron chi connectivity index (χ1n) is 5.65. The van der Waals surface area contributed by atoms with Crippen molar-refractivity contribution in [2.75, 3.05) is 32.8 Å². The summed E-state index contributed by atoms with van der Waals surface area (Å²) in [5.41, 5.74) is 5.60. The summed E-state index contributed by atoms with van der Waals surface area (Å²) in [4.78, 5) is 13.2. The molecule has 0 aromatic carbocycles. The molecule has 0 aromatic rings. The van der Waals surface area contributed by atoms with Gasteiger partial charge in [0, 0.05) is 13.1 Å². The molecule has 2 fully saturated rings. The number of amides is 1. The number of nitrogens with two attached hydrogens (primary N) is 1. The van der Waals surface area contributed by atoms with Crippen molar-refractivity contribution in [3.8, 4) is 0 Å². The lowest BCUT2D eigenvalue weighted by molar-refractivity contribution is 0.149. The quantitative estimate of drug-likeness (QED) is 0.679. The van der Waals surface area contributed by atoms with Crippen LogP contribution in [0.3, 0.4) is 0 Å². The second-order valence-corrected chi connectivity index (χ2v) is 4.33. The molecule has 15 heavy (non-hydrogen) atoms. The van der Waals surface area contributed by atoms with E-state index in [2.05, 4.69) is 5.32 Å². The van der Waals surface area contributed by atoms with Crippen molar-refractivity contribution in [2.45, 2.75) is 18.9 Å². The Balaban J connectivity index is 1.88. The predicted octanol–water partition coefficient (Wildman–Crippen LogP) is -0.234. The summed E-state index contributed by atoms with van der Waals surface area (Å²) in [6, 6.07) is 0.0828. The minimum absolute atomic E-state index is 0.0828. The van der Waals surface area contributed by atoms with E-state index in [0.29, 0.717) is 19.1 Å². The summed E-state index contributed by atoms with van der Waals surface area (Å²) in [6.45, 7) is 3.83. The number of ether oxygens (including phenoxy) is 1. The highest BCUT2D eigenvalue weighted by Crippen LogP contribution is 2.17. The summed E-state index contributed by atoms with van der Waals surface area (Å²) in [5, 5.41) is 3.35. The molecule has 3 N–H and O–H groups in total. The Morgan fingerprint density at radius 1 is 1.60 bits per heavy atom. The maximum atomic E-state index is 11.4. The van der Waals surface area contributed by atoms with Crippen molar-refractivity contribution in [2.24, 2.45) is 11.7 Å². The molecule has 0 spiro atoms. The molecule has 0 aromatic heterocycles. The van der Waals surface area contributed by atoms with Crippen molar-refractivity contribution >= 4 is 6.09 Å². The fourth-order valence-corrected chi connectivity index (χ4v) is 2.27. The van der Waals surface area contributed by atoms with Crippen LogP contribution < -0.4 is 11.1 Å². The molecule has 1 amide bonds. The SMILES string of the molecule is NCC1COC(=O)N1CC1CCCNC1. The third-order valence-electron chi connectivity index (χ3n) is 3.20. The Kier molecular flexibility index (Phi) is 3.43. The summed E-state index contributed by atoms with van der Waals surface area (Å²) in [7, 11) is 0. The van der Waals surface area contributed by atoms with E-state index < -0.39 is 0 Å². The van der Waals surface area contributed by atoms with Gasteiger partial charge in [0.25, 0.3) is 0 Å². The molecule has 2 saturated heterocycles. The molecule has 86 valence electrons. The maximum absolute atomic E-state index is 11.4. The molecule has 2 aliphatic heterocycles. The van der Waals surface area contributed by atoms with E-state index in [-0.39, 0.29) is 12.1 Å². The van der Waals surface area contributed by atoms with Crippen molar-refractivity contribution < 1.29 is 9.53 Å². The number of hydrogen-bond donors (Lipinski definition) is 2. The first-order chi connectivity index (χ1) is 7.31. The second kappa shape index (κ2) is 4.81. The minimum atomic E-state index is -0.198. The first kappa shape index (κ1) is 10.7. The Morgan fingerprint density at radius 3 is 3.13 bits per heavy atom. The maximum Gasteiger partial charge on any atom is 0.410 e. The van der Waals surface area contributed by atoms with Crippen LogP contribution in [0.15, 0.2) is 0 Å². The normalized spacial score (nSPS) is 31.8. The number of nitrogens with zero attached hydrogens (tertiary/aromatic N) is 1. The van der Waals surface area contributed by atoms with Crippen LogP contribution in [0.1, 0.15) is 12.8 Å².